The van der Waals surface area contributed by atoms with E-state index >= 15 is 0 Å². The van der Waals surface area contributed by atoms with E-state index < -0.39 is 0 Å². The quantitative estimate of drug-likeness (QED) is 0.389. The molecule has 0 aromatic carbocycles. The summed E-state index contributed by atoms with van der Waals surface area (Å²) in [5.74, 6) is 0.580. The maximum absolute atomic E-state index is 5.50. The lowest BCUT2D eigenvalue weighted by Gasteiger charge is -2.13. The minimum atomic E-state index is 0.172. The van der Waals surface area contributed by atoms with Crippen molar-refractivity contribution in [3.05, 3.63) is 12.2 Å². The van der Waals surface area contributed by atoms with Crippen molar-refractivity contribution in [1.29, 1.82) is 0 Å². The van der Waals surface area contributed by atoms with E-state index in [1.165, 1.54) is 0 Å². The largest absolute Gasteiger partial charge is 0.373 e. The van der Waals surface area contributed by atoms with Crippen LogP contribution in [0.15, 0.2) is 12.2 Å². The Labute approximate surface area is 54.3 Å². The van der Waals surface area contributed by atoms with E-state index in [9.17, 15) is 0 Å². The van der Waals surface area contributed by atoms with Crippen LogP contribution in [0.3, 0.4) is 0 Å². The van der Waals surface area contributed by atoms with Crippen LogP contribution in [0.25, 0.3) is 0 Å². The standard InChI is InChI=1S/C6H9ClO/c7-5-6-3-1-2-4-8-6/h1,3,6H,2,4-5H2. The van der Waals surface area contributed by atoms with E-state index in [1.807, 2.05) is 6.08 Å². The van der Waals surface area contributed by atoms with Gasteiger partial charge in [0.2, 0.25) is 0 Å². The van der Waals surface area contributed by atoms with Crippen molar-refractivity contribution >= 4 is 11.6 Å². The normalized spacial score (nSPS) is 28.4. The van der Waals surface area contributed by atoms with E-state index in [-0.39, 0.29) is 6.10 Å². The molecule has 46 valence electrons. The van der Waals surface area contributed by atoms with Gasteiger partial charge in [0.1, 0.15) is 0 Å². The van der Waals surface area contributed by atoms with E-state index in [0.29, 0.717) is 5.88 Å². The number of hydrogen-bond donors (Lipinski definition) is 0. The van der Waals surface area contributed by atoms with E-state index in [1.54, 1.807) is 0 Å². The van der Waals surface area contributed by atoms with Crippen LogP contribution in [-0.4, -0.2) is 18.6 Å². The van der Waals surface area contributed by atoms with Crippen LogP contribution in [-0.2, 0) is 4.74 Å². The Morgan fingerprint density at radius 3 is 3.00 bits per heavy atom. The molecule has 0 N–H and O–H groups in total. The average Bonchev–Trinajstić information content (AvgIpc) is 1.90. The summed E-state index contributed by atoms with van der Waals surface area (Å²) in [5, 5.41) is 0. The Bertz CT molecular complexity index is 90.5. The third-order valence-corrected chi connectivity index (χ3v) is 1.42. The van der Waals surface area contributed by atoms with Gasteiger partial charge in [-0.1, -0.05) is 12.2 Å². The molecule has 0 aromatic heterocycles. The topological polar surface area (TPSA) is 9.23 Å². The van der Waals surface area contributed by atoms with Gasteiger partial charge in [-0.05, 0) is 6.42 Å². The molecule has 1 heterocycles. The number of ether oxygens (including phenoxy) is 1. The minimum Gasteiger partial charge on any atom is -0.373 e. The molecule has 0 saturated heterocycles. The van der Waals surface area contributed by atoms with Crippen LogP contribution in [0.4, 0.5) is 0 Å². The lowest BCUT2D eigenvalue weighted by molar-refractivity contribution is 0.0946. The molecule has 0 fully saturated rings. The summed E-state index contributed by atoms with van der Waals surface area (Å²) in [5.41, 5.74) is 0. The van der Waals surface area contributed by atoms with Gasteiger partial charge in [0.25, 0.3) is 0 Å². The molecule has 8 heavy (non-hydrogen) atoms. The molecule has 1 atom stereocenters. The first kappa shape index (κ1) is 6.12. The van der Waals surface area contributed by atoms with Crippen LogP contribution in [0, 0.1) is 0 Å². The Morgan fingerprint density at radius 2 is 2.62 bits per heavy atom. The fourth-order valence-corrected chi connectivity index (χ4v) is 0.879. The molecular weight excluding hydrogens is 124 g/mol. The molecule has 0 aromatic rings. The summed E-state index contributed by atoms with van der Waals surface area (Å²) in [6.07, 6.45) is 5.32. The summed E-state index contributed by atoms with van der Waals surface area (Å²) in [7, 11) is 0. The zero-order valence-corrected chi connectivity index (χ0v) is 5.40. The minimum absolute atomic E-state index is 0.172. The lowest BCUT2D eigenvalue weighted by Crippen LogP contribution is -2.15. The van der Waals surface area contributed by atoms with Gasteiger partial charge in [0.15, 0.2) is 0 Å². The first-order chi connectivity index (χ1) is 3.93. The summed E-state index contributed by atoms with van der Waals surface area (Å²) in [6.45, 7) is 0.827. The Balaban J connectivity index is 2.32. The second-order valence-corrected chi connectivity index (χ2v) is 2.09. The van der Waals surface area contributed by atoms with Crippen molar-refractivity contribution in [3.63, 3.8) is 0 Å². The third kappa shape index (κ3) is 1.49. The van der Waals surface area contributed by atoms with Gasteiger partial charge < -0.3 is 4.74 Å². The molecule has 0 saturated carbocycles. The molecule has 0 spiro atoms. The third-order valence-electron chi connectivity index (χ3n) is 1.12. The van der Waals surface area contributed by atoms with E-state index in [2.05, 4.69) is 6.08 Å². The van der Waals surface area contributed by atoms with Gasteiger partial charge in [0.05, 0.1) is 18.6 Å². The highest BCUT2D eigenvalue weighted by atomic mass is 35.5. The molecule has 1 rings (SSSR count). The van der Waals surface area contributed by atoms with E-state index in [0.717, 1.165) is 13.0 Å². The van der Waals surface area contributed by atoms with Gasteiger partial charge in [0, 0.05) is 0 Å². The second-order valence-electron chi connectivity index (χ2n) is 1.78. The van der Waals surface area contributed by atoms with Crippen LogP contribution in [0.2, 0.25) is 0 Å². The monoisotopic (exact) mass is 132 g/mol. The molecule has 0 bridgehead atoms. The van der Waals surface area contributed by atoms with Crippen LogP contribution in [0.5, 0.6) is 0 Å². The molecular formula is C6H9ClO. The van der Waals surface area contributed by atoms with Gasteiger partial charge in [-0.3, -0.25) is 0 Å². The lowest BCUT2D eigenvalue weighted by atomic mass is 10.2. The zero-order valence-electron chi connectivity index (χ0n) is 4.64. The summed E-state index contributed by atoms with van der Waals surface area (Å²) in [4.78, 5) is 0. The van der Waals surface area contributed by atoms with E-state index in [4.69, 9.17) is 16.3 Å². The number of halogens is 1. The van der Waals surface area contributed by atoms with Crippen molar-refractivity contribution < 1.29 is 4.74 Å². The summed E-state index contributed by atoms with van der Waals surface area (Å²) >= 11 is 5.50. The molecule has 1 aliphatic heterocycles. The van der Waals surface area contributed by atoms with Crippen molar-refractivity contribution in [2.45, 2.75) is 12.5 Å². The molecule has 0 amide bonds. The molecule has 1 nitrogen and oxygen atoms in total. The molecule has 1 unspecified atom stereocenters. The van der Waals surface area contributed by atoms with Crippen molar-refractivity contribution in [3.8, 4) is 0 Å². The van der Waals surface area contributed by atoms with Crippen LogP contribution < -0.4 is 0 Å². The van der Waals surface area contributed by atoms with Crippen molar-refractivity contribution in [2.75, 3.05) is 12.5 Å². The van der Waals surface area contributed by atoms with Gasteiger partial charge >= 0.3 is 0 Å². The Hall–Kier alpha value is -0.0100. The molecule has 0 aliphatic carbocycles. The number of hydrogen-bond acceptors (Lipinski definition) is 1. The van der Waals surface area contributed by atoms with Crippen LogP contribution in [0.1, 0.15) is 6.42 Å². The van der Waals surface area contributed by atoms with Gasteiger partial charge in [-0.25, -0.2) is 0 Å². The number of rotatable bonds is 1. The molecule has 2 heteroatoms. The molecule has 1 aliphatic rings. The Morgan fingerprint density at radius 1 is 1.75 bits per heavy atom. The first-order valence-electron chi connectivity index (χ1n) is 2.77. The SMILES string of the molecule is ClCC1C=CCCO1. The fourth-order valence-electron chi connectivity index (χ4n) is 0.687. The predicted molar refractivity (Wildman–Crippen MR) is 34.2 cm³/mol. The van der Waals surface area contributed by atoms with Gasteiger partial charge in [-0.15, -0.1) is 11.6 Å². The first-order valence-corrected chi connectivity index (χ1v) is 3.31. The smallest absolute Gasteiger partial charge is 0.0891 e. The van der Waals surface area contributed by atoms with Crippen molar-refractivity contribution in [1.82, 2.24) is 0 Å². The Kier molecular flexibility index (Phi) is 2.37. The highest BCUT2D eigenvalue weighted by molar-refractivity contribution is 6.18. The highest BCUT2D eigenvalue weighted by Gasteiger charge is 2.04. The highest BCUT2D eigenvalue weighted by Crippen LogP contribution is 2.04. The maximum Gasteiger partial charge on any atom is 0.0891 e. The predicted octanol–water partition coefficient (Wildman–Crippen LogP) is 1.57. The molecule has 0 radical (unpaired) electrons. The van der Waals surface area contributed by atoms with Crippen molar-refractivity contribution in [2.24, 2.45) is 0 Å². The summed E-state index contributed by atoms with van der Waals surface area (Å²) in [6, 6.07) is 0. The fraction of sp³-hybridized carbons (Fsp3) is 0.667. The summed E-state index contributed by atoms with van der Waals surface area (Å²) < 4.78 is 5.21. The van der Waals surface area contributed by atoms with Crippen LogP contribution >= 0.6 is 11.6 Å². The van der Waals surface area contributed by atoms with Gasteiger partial charge in [-0.2, -0.15) is 0 Å². The second kappa shape index (κ2) is 3.10. The zero-order chi connectivity index (χ0) is 5.82. The average molecular weight is 133 g/mol. The number of alkyl halides is 1. The maximum atomic E-state index is 5.50.